The molecule has 0 amide bonds. The molecule has 19 heavy (non-hydrogen) atoms. The molecule has 0 spiro atoms. The van der Waals surface area contributed by atoms with Crippen LogP contribution in [0.4, 0.5) is 14.6 Å². The molecule has 100 valence electrons. The van der Waals surface area contributed by atoms with E-state index in [2.05, 4.69) is 26.2 Å². The van der Waals surface area contributed by atoms with E-state index in [1.807, 2.05) is 0 Å². The van der Waals surface area contributed by atoms with Gasteiger partial charge in [0.1, 0.15) is 12.4 Å². The van der Waals surface area contributed by atoms with Crippen LogP contribution in [-0.4, -0.2) is 12.0 Å². The smallest absolute Gasteiger partial charge is 0.200 e. The minimum atomic E-state index is -1.00. The molecule has 6 heteroatoms. The second-order valence-corrected chi connectivity index (χ2v) is 4.67. The Bertz CT molecular complexity index is 593. The fourth-order valence-electron chi connectivity index (χ4n) is 1.57. The second-order valence-electron chi connectivity index (χ2n) is 3.75. The van der Waals surface area contributed by atoms with Crippen molar-refractivity contribution in [2.24, 2.45) is 0 Å². The van der Waals surface area contributed by atoms with E-state index < -0.39 is 11.6 Å². The van der Waals surface area contributed by atoms with Gasteiger partial charge in [-0.25, -0.2) is 9.37 Å². The average Bonchev–Trinajstić information content (AvgIpc) is 2.41. The molecule has 0 atom stereocenters. The summed E-state index contributed by atoms with van der Waals surface area (Å²) in [5.41, 5.74) is 0.754. The molecule has 1 aromatic carbocycles. The number of nitrogens with zero attached hydrogens (tertiary/aromatic N) is 1. The van der Waals surface area contributed by atoms with Crippen molar-refractivity contribution in [3.63, 3.8) is 0 Å². The molecule has 0 bridgehead atoms. The Morgan fingerprint density at radius 2 is 2.16 bits per heavy atom. The number of rotatable bonds is 4. The van der Waals surface area contributed by atoms with Crippen molar-refractivity contribution in [1.29, 1.82) is 0 Å². The number of benzene rings is 1. The highest BCUT2D eigenvalue weighted by Gasteiger charge is 2.12. The lowest BCUT2D eigenvalue weighted by Gasteiger charge is -2.11. The molecular formula is C13H11BrF2N2O. The summed E-state index contributed by atoms with van der Waals surface area (Å²) in [5.74, 6) is -1.46. The molecule has 0 unspecified atom stereocenters. The zero-order valence-electron chi connectivity index (χ0n) is 10.1. The number of nitrogens with one attached hydrogen (secondary N) is 1. The van der Waals surface area contributed by atoms with Crippen LogP contribution in [0.1, 0.15) is 5.56 Å². The SMILES string of the molecule is CNc1ncccc1COc1cc(Br)cc(F)c1F. The molecule has 0 aliphatic heterocycles. The van der Waals surface area contributed by atoms with Gasteiger partial charge in [-0.15, -0.1) is 0 Å². The van der Waals surface area contributed by atoms with Gasteiger partial charge < -0.3 is 10.1 Å². The van der Waals surface area contributed by atoms with E-state index in [0.717, 1.165) is 11.6 Å². The third-order valence-corrected chi connectivity index (χ3v) is 2.93. The highest BCUT2D eigenvalue weighted by molar-refractivity contribution is 9.10. The first-order valence-electron chi connectivity index (χ1n) is 5.51. The molecule has 1 aromatic heterocycles. The van der Waals surface area contributed by atoms with Crippen molar-refractivity contribution in [2.45, 2.75) is 6.61 Å². The molecule has 1 N–H and O–H groups in total. The van der Waals surface area contributed by atoms with Crippen LogP contribution in [0.3, 0.4) is 0 Å². The summed E-state index contributed by atoms with van der Waals surface area (Å²) in [5, 5.41) is 2.90. The van der Waals surface area contributed by atoms with E-state index in [9.17, 15) is 8.78 Å². The number of halogens is 3. The van der Waals surface area contributed by atoms with Gasteiger partial charge in [0, 0.05) is 23.3 Å². The Balaban J connectivity index is 2.19. The van der Waals surface area contributed by atoms with Gasteiger partial charge in [0.25, 0.3) is 0 Å². The zero-order valence-corrected chi connectivity index (χ0v) is 11.7. The minimum Gasteiger partial charge on any atom is -0.486 e. The van der Waals surface area contributed by atoms with Gasteiger partial charge in [0.05, 0.1) is 0 Å². The van der Waals surface area contributed by atoms with Crippen molar-refractivity contribution in [2.75, 3.05) is 12.4 Å². The summed E-state index contributed by atoms with van der Waals surface area (Å²) < 4.78 is 32.4. The first-order valence-corrected chi connectivity index (χ1v) is 6.30. The third-order valence-electron chi connectivity index (χ3n) is 2.47. The quantitative estimate of drug-likeness (QED) is 0.868. The van der Waals surface area contributed by atoms with E-state index in [-0.39, 0.29) is 12.4 Å². The molecule has 3 nitrogen and oxygen atoms in total. The number of hydrogen-bond acceptors (Lipinski definition) is 3. The van der Waals surface area contributed by atoms with Crippen LogP contribution >= 0.6 is 15.9 Å². The Hall–Kier alpha value is -1.69. The molecule has 1 heterocycles. The predicted molar refractivity (Wildman–Crippen MR) is 72.2 cm³/mol. The Morgan fingerprint density at radius 3 is 2.89 bits per heavy atom. The van der Waals surface area contributed by atoms with E-state index >= 15 is 0 Å². The molecule has 2 aromatic rings. The number of anilines is 1. The summed E-state index contributed by atoms with van der Waals surface area (Å²) in [6.07, 6.45) is 1.63. The Morgan fingerprint density at radius 1 is 1.37 bits per heavy atom. The van der Waals surface area contributed by atoms with Crippen LogP contribution in [0.15, 0.2) is 34.9 Å². The van der Waals surface area contributed by atoms with Crippen LogP contribution in [0, 0.1) is 11.6 Å². The molecule has 0 saturated heterocycles. The normalized spacial score (nSPS) is 10.3. The first kappa shape index (κ1) is 13.7. The number of hydrogen-bond donors (Lipinski definition) is 1. The minimum absolute atomic E-state index is 0.0941. The fourth-order valence-corrected chi connectivity index (χ4v) is 1.98. The molecule has 0 aliphatic rings. The maximum absolute atomic E-state index is 13.5. The van der Waals surface area contributed by atoms with Crippen LogP contribution < -0.4 is 10.1 Å². The van der Waals surface area contributed by atoms with Crippen LogP contribution in [0.5, 0.6) is 5.75 Å². The van der Waals surface area contributed by atoms with Gasteiger partial charge in [0.2, 0.25) is 5.82 Å². The highest BCUT2D eigenvalue weighted by Crippen LogP contribution is 2.26. The van der Waals surface area contributed by atoms with Crippen molar-refractivity contribution in [3.8, 4) is 5.75 Å². The zero-order chi connectivity index (χ0) is 13.8. The standard InChI is InChI=1S/C13H11BrF2N2O/c1-17-13-8(3-2-4-18-13)7-19-11-6-9(14)5-10(15)12(11)16/h2-6H,7H2,1H3,(H,17,18). The first-order chi connectivity index (χ1) is 9.11. The topological polar surface area (TPSA) is 34.2 Å². The molecule has 0 aliphatic carbocycles. The lowest BCUT2D eigenvalue weighted by molar-refractivity contribution is 0.284. The Kier molecular flexibility index (Phi) is 4.31. The maximum Gasteiger partial charge on any atom is 0.200 e. The molecule has 2 rings (SSSR count). The van der Waals surface area contributed by atoms with Gasteiger partial charge in [-0.1, -0.05) is 22.0 Å². The summed E-state index contributed by atoms with van der Waals surface area (Å²) >= 11 is 3.09. The van der Waals surface area contributed by atoms with Crippen LogP contribution in [0.2, 0.25) is 0 Å². The summed E-state index contributed by atoms with van der Waals surface area (Å²) in [6, 6.07) is 5.97. The highest BCUT2D eigenvalue weighted by atomic mass is 79.9. The molecular weight excluding hydrogens is 318 g/mol. The van der Waals surface area contributed by atoms with Gasteiger partial charge in [-0.2, -0.15) is 4.39 Å². The number of pyridine rings is 1. The van der Waals surface area contributed by atoms with Crippen molar-refractivity contribution >= 4 is 21.7 Å². The van der Waals surface area contributed by atoms with E-state index in [1.54, 1.807) is 25.4 Å². The van der Waals surface area contributed by atoms with E-state index in [0.29, 0.717) is 10.3 Å². The summed E-state index contributed by atoms with van der Waals surface area (Å²) in [6.45, 7) is 0.0941. The van der Waals surface area contributed by atoms with Crippen molar-refractivity contribution in [1.82, 2.24) is 4.98 Å². The molecule has 0 fully saturated rings. The average molecular weight is 329 g/mol. The third kappa shape index (κ3) is 3.20. The van der Waals surface area contributed by atoms with Gasteiger partial charge in [-0.3, -0.25) is 0 Å². The Labute approximate surface area is 117 Å². The lowest BCUT2D eigenvalue weighted by Crippen LogP contribution is -2.03. The summed E-state index contributed by atoms with van der Waals surface area (Å²) in [4.78, 5) is 4.10. The predicted octanol–water partition coefficient (Wildman–Crippen LogP) is 3.74. The number of aromatic nitrogens is 1. The maximum atomic E-state index is 13.5. The van der Waals surface area contributed by atoms with E-state index in [4.69, 9.17) is 4.74 Å². The monoisotopic (exact) mass is 328 g/mol. The van der Waals surface area contributed by atoms with Gasteiger partial charge in [0.15, 0.2) is 11.6 Å². The van der Waals surface area contributed by atoms with Crippen molar-refractivity contribution in [3.05, 3.63) is 52.1 Å². The van der Waals surface area contributed by atoms with Gasteiger partial charge >= 0.3 is 0 Å². The largest absolute Gasteiger partial charge is 0.486 e. The lowest BCUT2D eigenvalue weighted by atomic mass is 10.2. The van der Waals surface area contributed by atoms with E-state index in [1.165, 1.54) is 6.07 Å². The molecule has 0 saturated carbocycles. The number of ether oxygens (including phenoxy) is 1. The molecule has 0 radical (unpaired) electrons. The van der Waals surface area contributed by atoms with Crippen LogP contribution in [-0.2, 0) is 6.61 Å². The summed E-state index contributed by atoms with van der Waals surface area (Å²) in [7, 11) is 1.73. The van der Waals surface area contributed by atoms with Gasteiger partial charge in [-0.05, 0) is 18.2 Å². The fraction of sp³-hybridized carbons (Fsp3) is 0.154. The van der Waals surface area contributed by atoms with Crippen molar-refractivity contribution < 1.29 is 13.5 Å². The van der Waals surface area contributed by atoms with Crippen LogP contribution in [0.25, 0.3) is 0 Å². The second kappa shape index (κ2) is 5.97.